The number of rotatable bonds is 10. The number of fused-ring (bicyclic) bond motifs is 1. The normalized spacial score (nSPS) is 18.2. The fraction of sp³-hybridized carbons (Fsp3) is 0.405. The number of aromatic nitrogens is 1. The van der Waals surface area contributed by atoms with Crippen LogP contribution in [-0.4, -0.2) is 78.4 Å². The van der Waals surface area contributed by atoms with Crippen LogP contribution < -0.4 is 4.74 Å². The van der Waals surface area contributed by atoms with Gasteiger partial charge in [-0.2, -0.15) is 0 Å². The van der Waals surface area contributed by atoms with Gasteiger partial charge in [0.05, 0.1) is 20.3 Å². The Morgan fingerprint density at radius 3 is 2.56 bits per heavy atom. The maximum Gasteiger partial charge on any atom is 0.320 e. The van der Waals surface area contributed by atoms with Crippen LogP contribution in [-0.2, 0) is 16.1 Å². The zero-order chi connectivity index (χ0) is 31.3. The van der Waals surface area contributed by atoms with Crippen molar-refractivity contribution in [2.45, 2.75) is 52.1 Å². The van der Waals surface area contributed by atoms with Crippen molar-refractivity contribution in [3.05, 3.63) is 76.9 Å². The van der Waals surface area contributed by atoms with Gasteiger partial charge >= 0.3 is 5.97 Å². The second kappa shape index (κ2) is 14.0. The fourth-order valence-corrected chi connectivity index (χ4v) is 6.68. The monoisotopic (exact) mass is 609 g/mol. The van der Waals surface area contributed by atoms with E-state index in [4.69, 9.17) is 18.9 Å². The van der Waals surface area contributed by atoms with E-state index in [0.29, 0.717) is 30.2 Å². The van der Waals surface area contributed by atoms with E-state index in [-0.39, 0.29) is 0 Å². The van der Waals surface area contributed by atoms with Crippen molar-refractivity contribution in [2.75, 3.05) is 46.5 Å². The summed E-state index contributed by atoms with van der Waals surface area (Å²) < 4.78 is 17.5. The number of hydrogen-bond acceptors (Lipinski definition) is 7. The topological polar surface area (TPSA) is 88.3 Å². The zero-order valence-electron chi connectivity index (χ0n) is 26.6. The molecule has 2 fully saturated rings. The first-order valence-electron chi connectivity index (χ1n) is 16.0. The van der Waals surface area contributed by atoms with Crippen LogP contribution >= 0.6 is 0 Å². The molecule has 0 spiro atoms. The van der Waals surface area contributed by atoms with Gasteiger partial charge in [0.2, 0.25) is 5.89 Å². The highest BCUT2D eigenvalue weighted by Gasteiger charge is 2.29. The van der Waals surface area contributed by atoms with Gasteiger partial charge in [0.15, 0.2) is 5.58 Å². The Kier molecular flexibility index (Phi) is 9.64. The maximum absolute atomic E-state index is 11.9. The summed E-state index contributed by atoms with van der Waals surface area (Å²) >= 11 is 0. The number of methoxy groups -OCH3 is 1. The van der Waals surface area contributed by atoms with Gasteiger partial charge in [0.25, 0.3) is 0 Å². The highest BCUT2D eigenvalue weighted by atomic mass is 16.5. The largest absolute Gasteiger partial charge is 0.496 e. The third-order valence-electron chi connectivity index (χ3n) is 9.31. The Morgan fingerprint density at radius 2 is 1.78 bits per heavy atom. The summed E-state index contributed by atoms with van der Waals surface area (Å²) in [6.07, 6.45) is 8.12. The summed E-state index contributed by atoms with van der Waals surface area (Å²) in [6, 6.07) is 16.1. The average molecular weight is 610 g/mol. The lowest BCUT2D eigenvalue weighted by atomic mass is 9.91. The molecule has 4 aromatic rings. The van der Waals surface area contributed by atoms with E-state index in [2.05, 4.69) is 67.3 Å². The number of nitrogens with zero attached hydrogens (tertiary/aromatic N) is 3. The van der Waals surface area contributed by atoms with Crippen LogP contribution in [0, 0.1) is 13.8 Å². The summed E-state index contributed by atoms with van der Waals surface area (Å²) in [4.78, 5) is 21.3. The summed E-state index contributed by atoms with van der Waals surface area (Å²) in [5, 5.41) is 9.76. The van der Waals surface area contributed by atoms with E-state index >= 15 is 0 Å². The molecule has 8 heteroatoms. The van der Waals surface area contributed by atoms with Crippen LogP contribution in [0.25, 0.3) is 39.8 Å². The molecule has 45 heavy (non-hydrogen) atoms. The molecule has 2 saturated heterocycles. The van der Waals surface area contributed by atoms with Crippen LogP contribution in [0.2, 0.25) is 0 Å². The number of ether oxygens (including phenoxy) is 2. The number of carbonyl (C=O) groups is 1. The van der Waals surface area contributed by atoms with Crippen molar-refractivity contribution in [1.82, 2.24) is 14.8 Å². The fourth-order valence-electron chi connectivity index (χ4n) is 6.68. The minimum atomic E-state index is -0.769. The number of likely N-dealkylation sites (tertiary alicyclic amines) is 1. The SMILES string of the molecule is COc1cc2oc(-c3cccc(-c4cccc(C=CCCN5CCOCC5)c4C)c3C)nc2cc1CN1CCCCC1C(=O)O. The number of carboxylic acids is 1. The number of piperidine rings is 1. The summed E-state index contributed by atoms with van der Waals surface area (Å²) in [5.74, 6) is 0.465. The van der Waals surface area contributed by atoms with Gasteiger partial charge in [-0.25, -0.2) is 4.98 Å². The molecule has 3 heterocycles. The summed E-state index contributed by atoms with van der Waals surface area (Å²) in [5.41, 5.74) is 9.14. The first kappa shape index (κ1) is 31.0. The molecule has 3 aromatic carbocycles. The number of carboxylic acid groups (broad SMARTS) is 1. The third kappa shape index (κ3) is 6.83. The quantitative estimate of drug-likeness (QED) is 0.206. The lowest BCUT2D eigenvalue weighted by Crippen LogP contribution is -2.44. The van der Waals surface area contributed by atoms with Crippen LogP contribution in [0.5, 0.6) is 5.75 Å². The Morgan fingerprint density at radius 1 is 1.02 bits per heavy atom. The Balaban J connectivity index is 1.25. The molecule has 0 amide bonds. The van der Waals surface area contributed by atoms with Gasteiger partial charge < -0.3 is 19.0 Å². The van der Waals surface area contributed by atoms with Crippen molar-refractivity contribution >= 4 is 23.1 Å². The molecule has 8 nitrogen and oxygen atoms in total. The zero-order valence-corrected chi connectivity index (χ0v) is 26.6. The smallest absolute Gasteiger partial charge is 0.320 e. The highest BCUT2D eigenvalue weighted by molar-refractivity contribution is 5.83. The predicted octanol–water partition coefficient (Wildman–Crippen LogP) is 6.96. The van der Waals surface area contributed by atoms with Gasteiger partial charge in [-0.15, -0.1) is 0 Å². The molecule has 2 aliphatic rings. The molecule has 0 aliphatic carbocycles. The Hall–Kier alpha value is -3.98. The first-order valence-corrected chi connectivity index (χ1v) is 16.0. The number of hydrogen-bond donors (Lipinski definition) is 1. The minimum absolute atomic E-state index is 0.482. The van der Waals surface area contributed by atoms with Crippen LogP contribution in [0.1, 0.15) is 47.9 Å². The highest BCUT2D eigenvalue weighted by Crippen LogP contribution is 2.37. The molecule has 1 aromatic heterocycles. The van der Waals surface area contributed by atoms with Gasteiger partial charge in [0, 0.05) is 43.4 Å². The first-order chi connectivity index (χ1) is 21.9. The van der Waals surface area contributed by atoms with Crippen molar-refractivity contribution in [3.8, 4) is 28.3 Å². The van der Waals surface area contributed by atoms with Gasteiger partial charge in [-0.3, -0.25) is 14.6 Å². The molecule has 1 atom stereocenters. The number of aliphatic carboxylic acids is 1. The van der Waals surface area contributed by atoms with E-state index in [1.807, 2.05) is 17.0 Å². The van der Waals surface area contributed by atoms with Crippen molar-refractivity contribution in [3.63, 3.8) is 0 Å². The predicted molar refractivity (Wildman–Crippen MR) is 178 cm³/mol. The number of oxazole rings is 1. The summed E-state index contributed by atoms with van der Waals surface area (Å²) in [6.45, 7) is 10.3. The van der Waals surface area contributed by atoms with Crippen molar-refractivity contribution in [1.29, 1.82) is 0 Å². The maximum atomic E-state index is 11.9. The standard InChI is InChI=1S/C37H43N3O5/c1-25-27(10-4-6-16-39-18-20-44-21-19-39)11-8-12-29(25)30-13-9-14-31(26(30)2)36-38-32-22-28(34(43-3)23-35(32)45-36)24-40-17-7-5-15-33(40)37(41)42/h4,8-14,22-23,33H,5-7,15-21,24H2,1-3H3,(H,41,42). The number of benzene rings is 3. The van der Waals surface area contributed by atoms with Crippen LogP contribution in [0.4, 0.5) is 0 Å². The molecule has 2 aliphatic heterocycles. The molecule has 0 bridgehead atoms. The van der Waals surface area contributed by atoms with Crippen molar-refractivity contribution in [2.24, 2.45) is 0 Å². The van der Waals surface area contributed by atoms with E-state index in [9.17, 15) is 9.90 Å². The second-order valence-corrected chi connectivity index (χ2v) is 12.1. The minimum Gasteiger partial charge on any atom is -0.496 e. The Bertz CT molecular complexity index is 1690. The molecule has 6 rings (SSSR count). The average Bonchev–Trinajstić information content (AvgIpc) is 3.47. The van der Waals surface area contributed by atoms with Gasteiger partial charge in [-0.05, 0) is 79.6 Å². The molecule has 1 unspecified atom stereocenters. The molecule has 0 saturated carbocycles. The van der Waals surface area contributed by atoms with Crippen molar-refractivity contribution < 1.29 is 23.8 Å². The van der Waals surface area contributed by atoms with Gasteiger partial charge in [0.1, 0.15) is 17.3 Å². The van der Waals surface area contributed by atoms with E-state index in [1.54, 1.807) is 7.11 Å². The van der Waals surface area contributed by atoms with Crippen LogP contribution in [0.15, 0.2) is 59.0 Å². The molecular weight excluding hydrogens is 566 g/mol. The van der Waals surface area contributed by atoms with Gasteiger partial charge in [-0.1, -0.05) is 48.9 Å². The molecular formula is C37H43N3O5. The van der Waals surface area contributed by atoms with E-state index < -0.39 is 12.0 Å². The molecule has 1 N–H and O–H groups in total. The third-order valence-corrected chi connectivity index (χ3v) is 9.31. The summed E-state index contributed by atoms with van der Waals surface area (Å²) in [7, 11) is 1.64. The van der Waals surface area contributed by atoms with E-state index in [1.165, 1.54) is 16.7 Å². The number of morpholine rings is 1. The van der Waals surface area contributed by atoms with E-state index in [0.717, 1.165) is 86.4 Å². The second-order valence-electron chi connectivity index (χ2n) is 12.1. The molecule has 236 valence electrons. The van der Waals surface area contributed by atoms with Crippen LogP contribution in [0.3, 0.4) is 0 Å². The lowest BCUT2D eigenvalue weighted by Gasteiger charge is -2.33. The Labute approximate surface area is 265 Å². The lowest BCUT2D eigenvalue weighted by molar-refractivity contribution is -0.144. The molecule has 0 radical (unpaired) electrons.